The van der Waals surface area contributed by atoms with Gasteiger partial charge in [0.05, 0.1) is 11.2 Å². The molecule has 0 bridgehead atoms. The Morgan fingerprint density at radius 2 is 1.40 bits per heavy atom. The van der Waals surface area contributed by atoms with Crippen molar-refractivity contribution in [3.05, 3.63) is 129 Å². The smallest absolute Gasteiger partial charge is 0.217 e. The second-order valence-electron chi connectivity index (χ2n) is 20.9. The molecule has 57 heavy (non-hydrogen) atoms. The number of nitrogens with zero attached hydrogens (tertiary/aromatic N) is 3. The number of hydrogen-bond acceptors (Lipinski definition) is 4. The lowest BCUT2D eigenvalue weighted by Gasteiger charge is -2.45. The Morgan fingerprint density at radius 1 is 0.737 bits per heavy atom. The Hall–Kier alpha value is -4.90. The van der Waals surface area contributed by atoms with Gasteiger partial charge in [0.1, 0.15) is 28.3 Å². The van der Waals surface area contributed by atoms with Gasteiger partial charge >= 0.3 is 0 Å². The Labute approximate surface area is 342 Å². The fraction of sp³-hybridized carbons (Fsp3) is 0.423. The third-order valence-electron chi connectivity index (χ3n) is 13.4. The molecular formula is C52H59N3O2. The van der Waals surface area contributed by atoms with Crippen molar-refractivity contribution in [2.75, 3.05) is 0 Å². The molecule has 0 N–H and O–H groups in total. The van der Waals surface area contributed by atoms with E-state index < -0.39 is 22.9 Å². The SMILES string of the molecule is [2H]C1([2H])c2cc(C)c(C)cc2[C@@]2(C)N=C(c3cc(Oc4cc5c(cc4C)C(C)(C)c4cc(C(C)(C)C)cc6c7cccnc7n-5c46)cc(C(C)(C)C)c3)O[C@@]12C(C)(C)C. The summed E-state index contributed by atoms with van der Waals surface area (Å²) in [6.45, 7) is 32.7. The van der Waals surface area contributed by atoms with Crippen LogP contribution in [0.15, 0.2) is 77.9 Å². The van der Waals surface area contributed by atoms with Crippen LogP contribution in [0.2, 0.25) is 0 Å². The highest BCUT2D eigenvalue weighted by Crippen LogP contribution is 2.61. The number of aliphatic imine (C=N–C) groups is 1. The van der Waals surface area contributed by atoms with Gasteiger partial charge in [-0.3, -0.25) is 4.57 Å². The van der Waals surface area contributed by atoms with Crippen molar-refractivity contribution in [1.29, 1.82) is 0 Å². The first-order valence-electron chi connectivity index (χ1n) is 21.6. The van der Waals surface area contributed by atoms with Gasteiger partial charge in [-0.2, -0.15) is 0 Å². The van der Waals surface area contributed by atoms with Crippen molar-refractivity contribution in [3.8, 4) is 17.2 Å². The highest BCUT2D eigenvalue weighted by molar-refractivity contribution is 6.10. The topological polar surface area (TPSA) is 48.6 Å². The zero-order valence-electron chi connectivity index (χ0n) is 38.6. The average Bonchev–Trinajstić information content (AvgIpc) is 3.69. The van der Waals surface area contributed by atoms with Crippen LogP contribution in [0, 0.1) is 26.2 Å². The van der Waals surface area contributed by atoms with E-state index in [1.165, 1.54) is 27.6 Å². The van der Waals surface area contributed by atoms with Crippen molar-refractivity contribution in [2.45, 2.75) is 138 Å². The molecule has 3 aliphatic rings. The number of ether oxygens (including phenoxy) is 2. The van der Waals surface area contributed by atoms with Crippen LogP contribution in [-0.4, -0.2) is 21.0 Å². The van der Waals surface area contributed by atoms with E-state index in [1.54, 1.807) is 0 Å². The van der Waals surface area contributed by atoms with E-state index in [4.69, 9.17) is 19.5 Å². The van der Waals surface area contributed by atoms with Gasteiger partial charge in [-0.15, -0.1) is 0 Å². The molecule has 5 nitrogen and oxygen atoms in total. The molecule has 294 valence electrons. The first kappa shape index (κ1) is 35.3. The lowest BCUT2D eigenvalue weighted by molar-refractivity contribution is -0.0673. The standard InChI is InChI=1S/C52H59N3O2/c1-29-19-33-28-52(49(10,11)12)51(15,39(33)20-30(29)2)54-46(57-52)32-22-34(47(4,5)6)24-36(23-32)56-43-27-42-40(21-31(43)3)50(13,14)41-26-35(48(7,8)9)25-38-37-17-16-18-53-45(37)55(42)44(38)41/h16-27H,28H2,1-15H3/t51-,52-/m1/s1/i28D2. The predicted molar refractivity (Wildman–Crippen MR) is 236 cm³/mol. The fourth-order valence-electron chi connectivity index (χ4n) is 9.73. The van der Waals surface area contributed by atoms with Crippen molar-refractivity contribution in [2.24, 2.45) is 10.4 Å². The maximum atomic E-state index is 9.80. The van der Waals surface area contributed by atoms with E-state index in [9.17, 15) is 2.74 Å². The molecule has 0 saturated carbocycles. The second kappa shape index (κ2) is 11.6. The van der Waals surface area contributed by atoms with Gasteiger partial charge in [-0.1, -0.05) is 94.4 Å². The molecule has 0 radical (unpaired) electrons. The molecule has 1 aliphatic carbocycles. The fourth-order valence-corrected chi connectivity index (χ4v) is 9.73. The molecule has 9 rings (SSSR count). The Kier molecular flexibility index (Phi) is 7.19. The summed E-state index contributed by atoms with van der Waals surface area (Å²) in [5, 5.41) is 2.37. The van der Waals surface area contributed by atoms with E-state index in [2.05, 4.69) is 150 Å². The van der Waals surface area contributed by atoms with Gasteiger partial charge in [0, 0.05) is 48.5 Å². The van der Waals surface area contributed by atoms with Gasteiger partial charge in [0.2, 0.25) is 5.90 Å². The largest absolute Gasteiger partial charge is 0.467 e. The third kappa shape index (κ3) is 5.26. The van der Waals surface area contributed by atoms with Crippen LogP contribution in [0.4, 0.5) is 0 Å². The molecule has 5 heteroatoms. The number of aromatic nitrogens is 2. The molecule has 0 saturated heterocycles. The van der Waals surface area contributed by atoms with Gasteiger partial charge in [0.25, 0.3) is 0 Å². The summed E-state index contributed by atoms with van der Waals surface area (Å²) in [5.41, 5.74) is 10.3. The lowest BCUT2D eigenvalue weighted by atomic mass is 9.66. The number of benzene rings is 4. The van der Waals surface area contributed by atoms with Crippen LogP contribution >= 0.6 is 0 Å². The number of hydrogen-bond donors (Lipinski definition) is 0. The van der Waals surface area contributed by atoms with Crippen molar-refractivity contribution < 1.29 is 12.2 Å². The Bertz CT molecular complexity index is 2840. The summed E-state index contributed by atoms with van der Waals surface area (Å²) in [6.07, 6.45) is 0.0714. The summed E-state index contributed by atoms with van der Waals surface area (Å²) in [5.74, 6) is 1.88. The van der Waals surface area contributed by atoms with Gasteiger partial charge in [-0.05, 0) is 131 Å². The molecule has 2 aliphatic heterocycles. The number of fused-ring (bicyclic) bond motifs is 8. The second-order valence-corrected chi connectivity index (χ2v) is 20.9. The number of pyridine rings is 1. The van der Waals surface area contributed by atoms with E-state index in [1.807, 2.05) is 31.3 Å². The first-order chi connectivity index (χ1) is 27.2. The molecule has 0 fully saturated rings. The van der Waals surface area contributed by atoms with Crippen LogP contribution in [0.3, 0.4) is 0 Å². The summed E-state index contributed by atoms with van der Waals surface area (Å²) in [6, 6.07) is 23.9. The number of rotatable bonds is 3. The molecular weight excluding hydrogens is 699 g/mol. The lowest BCUT2D eigenvalue weighted by Crippen LogP contribution is -2.54. The van der Waals surface area contributed by atoms with Crippen LogP contribution in [-0.2, 0) is 32.9 Å². The maximum Gasteiger partial charge on any atom is 0.217 e. The van der Waals surface area contributed by atoms with E-state index in [0.717, 1.165) is 55.9 Å². The Morgan fingerprint density at radius 3 is 2.09 bits per heavy atom. The monoisotopic (exact) mass is 759 g/mol. The average molecular weight is 760 g/mol. The molecule has 0 amide bonds. The van der Waals surface area contributed by atoms with Crippen molar-refractivity contribution in [3.63, 3.8) is 0 Å². The van der Waals surface area contributed by atoms with Gasteiger partial charge < -0.3 is 9.47 Å². The minimum absolute atomic E-state index is 0.0150. The molecule has 4 heterocycles. The quantitative estimate of drug-likeness (QED) is 0.181. The normalized spacial score (nSPS) is 22.4. The summed E-state index contributed by atoms with van der Waals surface area (Å²) < 4.78 is 36.1. The van der Waals surface area contributed by atoms with Crippen LogP contribution in [0.1, 0.15) is 141 Å². The van der Waals surface area contributed by atoms with Crippen LogP contribution < -0.4 is 4.74 Å². The van der Waals surface area contributed by atoms with Crippen molar-refractivity contribution in [1.82, 2.24) is 9.55 Å². The van der Waals surface area contributed by atoms with E-state index in [0.29, 0.717) is 17.2 Å². The van der Waals surface area contributed by atoms with E-state index in [-0.39, 0.29) is 16.2 Å². The summed E-state index contributed by atoms with van der Waals surface area (Å²) in [4.78, 5) is 10.4. The minimum Gasteiger partial charge on any atom is -0.467 e. The third-order valence-corrected chi connectivity index (χ3v) is 13.4. The highest BCUT2D eigenvalue weighted by atomic mass is 16.5. The number of aryl methyl sites for hydroxylation is 3. The van der Waals surface area contributed by atoms with E-state index >= 15 is 0 Å². The zero-order chi connectivity index (χ0) is 42.8. The maximum absolute atomic E-state index is 9.80. The molecule has 0 spiro atoms. The molecule has 2 atom stereocenters. The molecule has 0 unspecified atom stereocenters. The summed E-state index contributed by atoms with van der Waals surface area (Å²) in [7, 11) is 0. The first-order valence-corrected chi connectivity index (χ1v) is 20.6. The van der Waals surface area contributed by atoms with Crippen LogP contribution in [0.5, 0.6) is 11.5 Å². The molecule has 2 aromatic heterocycles. The Balaban J connectivity index is 1.21. The van der Waals surface area contributed by atoms with Gasteiger partial charge in [-0.25, -0.2) is 9.98 Å². The van der Waals surface area contributed by atoms with Crippen molar-refractivity contribution >= 4 is 27.8 Å². The predicted octanol–water partition coefficient (Wildman–Crippen LogP) is 13.2. The minimum atomic E-state index is -1.82. The molecule has 6 aromatic rings. The van der Waals surface area contributed by atoms with Gasteiger partial charge in [0.15, 0.2) is 0 Å². The zero-order valence-corrected chi connectivity index (χ0v) is 36.6. The van der Waals surface area contributed by atoms with Crippen LogP contribution in [0.25, 0.3) is 27.6 Å². The summed E-state index contributed by atoms with van der Waals surface area (Å²) >= 11 is 0. The molecule has 4 aromatic carbocycles. The highest BCUT2D eigenvalue weighted by Gasteiger charge is 2.66.